The first kappa shape index (κ1) is 21.2. The van der Waals surface area contributed by atoms with Gasteiger partial charge in [0.15, 0.2) is 5.78 Å². The second-order valence-corrected chi connectivity index (χ2v) is 8.12. The first-order valence-corrected chi connectivity index (χ1v) is 9.62. The molecule has 0 radical (unpaired) electrons. The lowest BCUT2D eigenvalue weighted by atomic mass is 9.75. The van der Waals surface area contributed by atoms with Gasteiger partial charge in [-0.25, -0.2) is 4.39 Å². The van der Waals surface area contributed by atoms with Crippen molar-refractivity contribution in [1.29, 1.82) is 0 Å². The van der Waals surface area contributed by atoms with Crippen molar-refractivity contribution in [3.8, 4) is 11.3 Å². The van der Waals surface area contributed by atoms with Gasteiger partial charge in [0.2, 0.25) is 0 Å². The molecular formula is C23H30FNO2. The summed E-state index contributed by atoms with van der Waals surface area (Å²) in [6, 6.07) is 9.61. The van der Waals surface area contributed by atoms with Crippen LogP contribution in [-0.2, 0) is 0 Å². The van der Waals surface area contributed by atoms with Crippen molar-refractivity contribution < 1.29 is 14.3 Å². The van der Waals surface area contributed by atoms with Crippen LogP contribution in [0.1, 0.15) is 63.7 Å². The molecule has 0 bridgehead atoms. The molecule has 1 N–H and O–H groups in total. The summed E-state index contributed by atoms with van der Waals surface area (Å²) in [7, 11) is 0. The fourth-order valence-corrected chi connectivity index (χ4v) is 3.50. The van der Waals surface area contributed by atoms with E-state index >= 15 is 0 Å². The molecule has 3 rings (SSSR count). The van der Waals surface area contributed by atoms with Crippen LogP contribution < -0.4 is 0 Å². The molecule has 2 unspecified atom stereocenters. The van der Waals surface area contributed by atoms with Crippen molar-refractivity contribution in [2.75, 3.05) is 0 Å². The van der Waals surface area contributed by atoms with Gasteiger partial charge >= 0.3 is 0 Å². The van der Waals surface area contributed by atoms with Crippen LogP contribution >= 0.6 is 0 Å². The van der Waals surface area contributed by atoms with Crippen LogP contribution in [0, 0.1) is 17.7 Å². The van der Waals surface area contributed by atoms with E-state index in [1.807, 2.05) is 13.8 Å². The van der Waals surface area contributed by atoms with E-state index in [4.69, 9.17) is 0 Å². The van der Waals surface area contributed by atoms with E-state index in [0.29, 0.717) is 22.7 Å². The highest BCUT2D eigenvalue weighted by Crippen LogP contribution is 2.35. The third-order valence-electron chi connectivity index (χ3n) is 5.23. The number of Topliss-reactive ketones (excluding diaryl/α,β-unsaturated/α-hetero) is 1. The topological polar surface area (TPSA) is 50.2 Å². The number of halogens is 1. The summed E-state index contributed by atoms with van der Waals surface area (Å²) in [4.78, 5) is 15.2. The van der Waals surface area contributed by atoms with Crippen LogP contribution in [0.2, 0.25) is 0 Å². The molecule has 1 aromatic heterocycles. The summed E-state index contributed by atoms with van der Waals surface area (Å²) in [5.74, 6) is 1.03. The van der Waals surface area contributed by atoms with Gasteiger partial charge in [-0.2, -0.15) is 0 Å². The molecule has 3 nitrogen and oxygen atoms in total. The van der Waals surface area contributed by atoms with Gasteiger partial charge in [-0.1, -0.05) is 31.9 Å². The van der Waals surface area contributed by atoms with Crippen LogP contribution in [0.4, 0.5) is 4.39 Å². The van der Waals surface area contributed by atoms with E-state index in [1.54, 1.807) is 24.3 Å². The number of nitrogens with zero attached hydrogens (tertiary/aromatic N) is 1. The predicted octanol–water partition coefficient (Wildman–Crippen LogP) is 5.67. The van der Waals surface area contributed by atoms with Gasteiger partial charge in [0.1, 0.15) is 5.82 Å². The lowest BCUT2D eigenvalue weighted by Gasteiger charge is -2.35. The highest BCUT2D eigenvalue weighted by Gasteiger charge is 2.30. The third kappa shape index (κ3) is 6.55. The molecule has 146 valence electrons. The minimum atomic E-state index is -0.450. The number of pyridine rings is 1. The average molecular weight is 371 g/mol. The summed E-state index contributed by atoms with van der Waals surface area (Å²) in [5.41, 5.74) is 1.47. The number of aliphatic hydroxyl groups is 1. The minimum absolute atomic E-state index is 0.0294. The molecule has 0 amide bonds. The molecule has 1 aromatic carbocycles. The summed E-state index contributed by atoms with van der Waals surface area (Å²) in [5, 5.41) is 9.76. The Morgan fingerprint density at radius 2 is 1.96 bits per heavy atom. The molecule has 1 aliphatic rings. The van der Waals surface area contributed by atoms with Crippen molar-refractivity contribution in [1.82, 2.24) is 4.98 Å². The summed E-state index contributed by atoms with van der Waals surface area (Å²) < 4.78 is 13.0. The molecule has 2 aromatic rings. The Balaban J connectivity index is 0.000000208. The maximum atomic E-state index is 13.0. The van der Waals surface area contributed by atoms with E-state index in [2.05, 4.69) is 11.9 Å². The van der Waals surface area contributed by atoms with E-state index in [-0.39, 0.29) is 11.6 Å². The Labute approximate surface area is 161 Å². The summed E-state index contributed by atoms with van der Waals surface area (Å²) in [6.45, 7) is 7.65. The average Bonchev–Trinajstić information content (AvgIpc) is 2.62. The maximum Gasteiger partial charge on any atom is 0.161 e. The maximum absolute atomic E-state index is 13.0. The molecule has 2 atom stereocenters. The normalized spacial score (nSPS) is 19.8. The van der Waals surface area contributed by atoms with Crippen molar-refractivity contribution in [2.45, 2.75) is 59.0 Å². The zero-order valence-corrected chi connectivity index (χ0v) is 16.7. The van der Waals surface area contributed by atoms with Gasteiger partial charge in [0, 0.05) is 17.3 Å². The largest absolute Gasteiger partial charge is 0.390 e. The number of ketones is 1. The lowest BCUT2D eigenvalue weighted by molar-refractivity contribution is -0.00781. The van der Waals surface area contributed by atoms with Crippen LogP contribution in [0.15, 0.2) is 42.6 Å². The summed E-state index contributed by atoms with van der Waals surface area (Å²) in [6.07, 6.45) is 6.59. The second kappa shape index (κ2) is 9.23. The van der Waals surface area contributed by atoms with Crippen LogP contribution in [-0.4, -0.2) is 21.5 Å². The number of benzene rings is 1. The fourth-order valence-electron chi connectivity index (χ4n) is 3.50. The van der Waals surface area contributed by atoms with Crippen LogP contribution in [0.5, 0.6) is 0 Å². The number of rotatable bonds is 3. The Morgan fingerprint density at radius 3 is 2.44 bits per heavy atom. The Morgan fingerprint density at radius 1 is 1.22 bits per heavy atom. The van der Waals surface area contributed by atoms with Gasteiger partial charge in [-0.3, -0.25) is 9.78 Å². The SMILES string of the molecule is CC(=O)c1ccc(-c2cccc(F)c2)nc1.CC1CCCC(C(C)(C)O)C1. The number of carbonyl (C=O) groups excluding carboxylic acids is 1. The molecule has 1 saturated carbocycles. The van der Waals surface area contributed by atoms with E-state index < -0.39 is 5.60 Å². The second-order valence-electron chi connectivity index (χ2n) is 8.12. The van der Waals surface area contributed by atoms with Crippen LogP contribution in [0.25, 0.3) is 11.3 Å². The van der Waals surface area contributed by atoms with Gasteiger partial charge in [0.05, 0.1) is 11.3 Å². The Kier molecular flexibility index (Phi) is 7.25. The van der Waals surface area contributed by atoms with Crippen LogP contribution in [0.3, 0.4) is 0 Å². The standard InChI is InChI=1S/C13H10FNO.C10H20O/c1-9(16)11-5-6-13(15-8-11)10-3-2-4-12(14)7-10;1-8-5-4-6-9(7-8)10(2,3)11/h2-8H,1H3;8-9,11H,4-7H2,1-3H3. The minimum Gasteiger partial charge on any atom is -0.390 e. The summed E-state index contributed by atoms with van der Waals surface area (Å²) >= 11 is 0. The molecule has 27 heavy (non-hydrogen) atoms. The Hall–Kier alpha value is -2.07. The third-order valence-corrected chi connectivity index (χ3v) is 5.23. The molecule has 4 heteroatoms. The molecule has 1 fully saturated rings. The molecule has 0 spiro atoms. The molecule has 1 heterocycles. The molecule has 1 aliphatic carbocycles. The predicted molar refractivity (Wildman–Crippen MR) is 107 cm³/mol. The van der Waals surface area contributed by atoms with Crippen molar-refractivity contribution >= 4 is 5.78 Å². The van der Waals surface area contributed by atoms with Crippen molar-refractivity contribution in [3.63, 3.8) is 0 Å². The number of hydrogen-bond donors (Lipinski definition) is 1. The zero-order chi connectivity index (χ0) is 20.0. The number of carbonyl (C=O) groups is 1. The molecular weight excluding hydrogens is 341 g/mol. The first-order valence-electron chi connectivity index (χ1n) is 9.62. The highest BCUT2D eigenvalue weighted by atomic mass is 19.1. The van der Waals surface area contributed by atoms with Gasteiger partial charge in [-0.15, -0.1) is 0 Å². The van der Waals surface area contributed by atoms with Crippen molar-refractivity contribution in [3.05, 3.63) is 54.0 Å². The van der Waals surface area contributed by atoms with Crippen molar-refractivity contribution in [2.24, 2.45) is 11.8 Å². The fraction of sp³-hybridized carbons (Fsp3) is 0.478. The monoisotopic (exact) mass is 371 g/mol. The lowest BCUT2D eigenvalue weighted by Crippen LogP contribution is -2.34. The zero-order valence-electron chi connectivity index (χ0n) is 16.7. The van der Waals surface area contributed by atoms with Gasteiger partial charge < -0.3 is 5.11 Å². The van der Waals surface area contributed by atoms with E-state index in [9.17, 15) is 14.3 Å². The van der Waals surface area contributed by atoms with Gasteiger partial charge in [0.25, 0.3) is 0 Å². The van der Waals surface area contributed by atoms with Gasteiger partial charge in [-0.05, 0) is 69.7 Å². The molecule has 0 saturated heterocycles. The Bertz CT molecular complexity index is 750. The van der Waals surface area contributed by atoms with E-state index in [0.717, 1.165) is 5.92 Å². The first-order chi connectivity index (χ1) is 12.7. The number of hydrogen-bond acceptors (Lipinski definition) is 3. The molecule has 0 aliphatic heterocycles. The smallest absolute Gasteiger partial charge is 0.161 e. The quantitative estimate of drug-likeness (QED) is 0.707. The number of aromatic nitrogens is 1. The highest BCUT2D eigenvalue weighted by molar-refractivity contribution is 5.93. The van der Waals surface area contributed by atoms with E-state index in [1.165, 1.54) is 50.9 Å².